The third-order valence-corrected chi connectivity index (χ3v) is 2.20. The van der Waals surface area contributed by atoms with E-state index in [1.807, 2.05) is 0 Å². The van der Waals surface area contributed by atoms with Crippen molar-refractivity contribution >= 4 is 46.4 Å². The van der Waals surface area contributed by atoms with Crippen LogP contribution in [0.2, 0.25) is 0 Å². The van der Waals surface area contributed by atoms with Crippen LogP contribution >= 0.6 is 46.4 Å². The number of hydrogen-bond donors (Lipinski definition) is 0. The van der Waals surface area contributed by atoms with Gasteiger partial charge in [-0.15, -0.1) is 0 Å². The highest BCUT2D eigenvalue weighted by Crippen LogP contribution is 2.25. The first-order valence-electron chi connectivity index (χ1n) is 2.19. The molecule has 10 heavy (non-hydrogen) atoms. The van der Waals surface area contributed by atoms with E-state index in [4.69, 9.17) is 46.4 Å². The summed E-state index contributed by atoms with van der Waals surface area (Å²) >= 11 is 21.6. The van der Waals surface area contributed by atoms with E-state index in [0.717, 1.165) is 5.54 Å². The minimum atomic E-state index is 0.0172. The van der Waals surface area contributed by atoms with Gasteiger partial charge in [-0.25, -0.2) is 0 Å². The molecule has 0 aromatic rings. The molecule has 0 bridgehead atoms. The summed E-state index contributed by atoms with van der Waals surface area (Å²) in [5.41, 5.74) is 1.10. The molecule has 1 nitrogen and oxygen atoms in total. The summed E-state index contributed by atoms with van der Waals surface area (Å²) in [6, 6.07) is 0. The molecule has 0 rings (SSSR count). The van der Waals surface area contributed by atoms with Crippen LogP contribution < -0.4 is 0 Å². The average molecular weight is 222 g/mol. The highest BCUT2D eigenvalue weighted by molar-refractivity contribution is 6.49. The first kappa shape index (κ1) is 10.4. The summed E-state index contributed by atoms with van der Waals surface area (Å²) in [5.74, 6) is 0. The Morgan fingerprint density at radius 3 is 2.10 bits per heavy atom. The van der Waals surface area contributed by atoms with E-state index in [1.54, 1.807) is 0 Å². The number of halogens is 4. The third-order valence-electron chi connectivity index (χ3n) is 0.657. The number of ether oxygens (including phenoxy) is 1. The SMILES string of the molecule is CO/C(Cl)=C(Cl)/C(Cl)=C/Cl. The average Bonchev–Trinajstić information content (AvgIpc) is 2.00. The van der Waals surface area contributed by atoms with E-state index >= 15 is 0 Å². The second-order valence-corrected chi connectivity index (χ2v) is 2.60. The molecule has 0 atom stereocenters. The summed E-state index contributed by atoms with van der Waals surface area (Å²) < 4.78 is 4.56. The van der Waals surface area contributed by atoms with E-state index in [-0.39, 0.29) is 15.3 Å². The second-order valence-electron chi connectivity index (χ2n) is 1.25. The summed E-state index contributed by atoms with van der Waals surface area (Å²) in [6.07, 6.45) is 0. The Morgan fingerprint density at radius 1 is 1.30 bits per heavy atom. The van der Waals surface area contributed by atoms with Crippen molar-refractivity contribution in [2.75, 3.05) is 7.11 Å². The largest absolute Gasteiger partial charge is 0.485 e. The highest BCUT2D eigenvalue weighted by atomic mass is 35.5. The fourth-order valence-corrected chi connectivity index (χ4v) is 0.764. The van der Waals surface area contributed by atoms with Crippen LogP contribution in [0.4, 0.5) is 0 Å². The molecular weight excluding hydrogens is 218 g/mol. The molecule has 0 fully saturated rings. The molecule has 0 spiro atoms. The number of allylic oxidation sites excluding steroid dienone is 2. The Labute approximate surface area is 79.1 Å². The summed E-state index contributed by atoms with van der Waals surface area (Å²) in [4.78, 5) is 0. The topological polar surface area (TPSA) is 9.23 Å². The van der Waals surface area contributed by atoms with Gasteiger partial charge in [0.25, 0.3) is 0 Å². The molecule has 0 unspecified atom stereocenters. The molecule has 0 aromatic carbocycles. The zero-order chi connectivity index (χ0) is 8.15. The van der Waals surface area contributed by atoms with Crippen LogP contribution in [-0.4, -0.2) is 7.11 Å². The Morgan fingerprint density at radius 2 is 1.80 bits per heavy atom. The Balaban J connectivity index is 4.46. The van der Waals surface area contributed by atoms with Crippen molar-refractivity contribution in [1.29, 1.82) is 0 Å². The number of rotatable bonds is 2. The third kappa shape index (κ3) is 3.02. The van der Waals surface area contributed by atoms with Gasteiger partial charge in [-0.05, 0) is 11.6 Å². The molecule has 0 aliphatic heterocycles. The lowest BCUT2D eigenvalue weighted by atomic mass is 10.6. The van der Waals surface area contributed by atoms with Crippen molar-refractivity contribution in [2.45, 2.75) is 0 Å². The quantitative estimate of drug-likeness (QED) is 0.512. The Kier molecular flexibility index (Phi) is 5.36. The van der Waals surface area contributed by atoms with E-state index in [9.17, 15) is 0 Å². The standard InChI is InChI=1S/C5H4Cl4O/c1-10-5(9)4(8)3(7)2-6/h2H,1H3/b3-2-,5-4-. The van der Waals surface area contributed by atoms with Crippen LogP contribution in [0.25, 0.3) is 0 Å². The van der Waals surface area contributed by atoms with E-state index in [2.05, 4.69) is 4.74 Å². The van der Waals surface area contributed by atoms with Crippen molar-refractivity contribution in [1.82, 2.24) is 0 Å². The molecule has 0 N–H and O–H groups in total. The van der Waals surface area contributed by atoms with Gasteiger partial charge in [0.1, 0.15) is 5.03 Å². The van der Waals surface area contributed by atoms with Crippen molar-refractivity contribution in [3.63, 3.8) is 0 Å². The van der Waals surface area contributed by atoms with Crippen LogP contribution in [-0.2, 0) is 4.74 Å². The van der Waals surface area contributed by atoms with Gasteiger partial charge in [-0.3, -0.25) is 0 Å². The Hall–Kier alpha value is 0.440. The van der Waals surface area contributed by atoms with Crippen molar-refractivity contribution in [3.05, 3.63) is 20.8 Å². The lowest BCUT2D eigenvalue weighted by Crippen LogP contribution is -1.81. The molecule has 0 amide bonds. The van der Waals surface area contributed by atoms with Gasteiger partial charge >= 0.3 is 0 Å². The van der Waals surface area contributed by atoms with Crippen LogP contribution in [0.3, 0.4) is 0 Å². The monoisotopic (exact) mass is 220 g/mol. The van der Waals surface area contributed by atoms with Gasteiger partial charge in [0.15, 0.2) is 0 Å². The summed E-state index contributed by atoms with van der Waals surface area (Å²) in [5, 5.41) is 0.264. The fraction of sp³-hybridized carbons (Fsp3) is 0.200. The van der Waals surface area contributed by atoms with Crippen molar-refractivity contribution < 1.29 is 4.74 Å². The van der Waals surface area contributed by atoms with Gasteiger partial charge in [0, 0.05) is 5.54 Å². The van der Waals surface area contributed by atoms with E-state index < -0.39 is 0 Å². The maximum Gasteiger partial charge on any atom is 0.207 e. The van der Waals surface area contributed by atoms with Gasteiger partial charge in [0.2, 0.25) is 5.22 Å². The van der Waals surface area contributed by atoms with Gasteiger partial charge in [0.05, 0.1) is 12.1 Å². The zero-order valence-corrected chi connectivity index (χ0v) is 8.02. The molecule has 0 aliphatic carbocycles. The van der Waals surface area contributed by atoms with Crippen LogP contribution in [0.1, 0.15) is 0 Å². The van der Waals surface area contributed by atoms with Crippen LogP contribution in [0.15, 0.2) is 20.8 Å². The number of methoxy groups -OCH3 is 1. The van der Waals surface area contributed by atoms with Gasteiger partial charge < -0.3 is 4.74 Å². The minimum absolute atomic E-state index is 0.0172. The molecule has 58 valence electrons. The molecule has 0 radical (unpaired) electrons. The number of hydrogen-bond acceptors (Lipinski definition) is 1. The lowest BCUT2D eigenvalue weighted by Gasteiger charge is -1.98. The van der Waals surface area contributed by atoms with E-state index in [0.29, 0.717) is 0 Å². The smallest absolute Gasteiger partial charge is 0.207 e. The maximum absolute atomic E-state index is 5.52. The molecule has 0 aliphatic rings. The first-order chi connectivity index (χ1) is 4.63. The van der Waals surface area contributed by atoms with E-state index in [1.165, 1.54) is 7.11 Å². The van der Waals surface area contributed by atoms with Crippen LogP contribution in [0, 0.1) is 0 Å². The molecule has 0 saturated heterocycles. The Bertz CT molecular complexity index is 172. The van der Waals surface area contributed by atoms with Gasteiger partial charge in [-0.1, -0.05) is 34.8 Å². The first-order valence-corrected chi connectivity index (χ1v) is 3.76. The van der Waals surface area contributed by atoms with Crippen molar-refractivity contribution in [2.24, 2.45) is 0 Å². The highest BCUT2D eigenvalue weighted by Gasteiger charge is 2.04. The fourth-order valence-electron chi connectivity index (χ4n) is 0.231. The lowest BCUT2D eigenvalue weighted by molar-refractivity contribution is 0.320. The normalized spacial score (nSPS) is 14.7. The molecule has 0 saturated carbocycles. The molecule has 0 heterocycles. The summed E-state index contributed by atoms with van der Waals surface area (Å²) in [6.45, 7) is 0. The second kappa shape index (κ2) is 5.14. The molecular formula is C5H4Cl4O. The maximum atomic E-state index is 5.52. The molecule has 5 heteroatoms. The summed E-state index contributed by atoms with van der Waals surface area (Å²) in [7, 11) is 1.38. The van der Waals surface area contributed by atoms with Gasteiger partial charge in [-0.2, -0.15) is 0 Å². The predicted octanol–water partition coefficient (Wildman–Crippen LogP) is 3.60. The zero-order valence-electron chi connectivity index (χ0n) is 5.00. The molecule has 0 aromatic heterocycles. The minimum Gasteiger partial charge on any atom is -0.485 e. The van der Waals surface area contributed by atoms with Crippen molar-refractivity contribution in [3.8, 4) is 0 Å². The van der Waals surface area contributed by atoms with Crippen LogP contribution in [0.5, 0.6) is 0 Å². The predicted molar refractivity (Wildman–Crippen MR) is 45.5 cm³/mol.